The van der Waals surface area contributed by atoms with Gasteiger partial charge in [-0.2, -0.15) is 0 Å². The Balaban J connectivity index is 2.73. The lowest BCUT2D eigenvalue weighted by atomic mass is 10.3. The summed E-state index contributed by atoms with van der Waals surface area (Å²) in [5.74, 6) is 5.40. The van der Waals surface area contributed by atoms with Gasteiger partial charge < -0.3 is 5.73 Å². The van der Waals surface area contributed by atoms with Crippen molar-refractivity contribution in [1.29, 1.82) is 0 Å². The van der Waals surface area contributed by atoms with Crippen LogP contribution in [0.2, 0.25) is 0 Å². The number of rotatable bonds is 3. The highest BCUT2D eigenvalue weighted by molar-refractivity contribution is 9.10. The van der Waals surface area contributed by atoms with Crippen molar-refractivity contribution in [3.05, 3.63) is 28.7 Å². The SMILES string of the molecule is NCCC(=O)N(N)c1ccc(Br)cc1. The molecule has 0 spiro atoms. The predicted octanol–water partition coefficient (Wildman–Crippen LogP) is 1.00. The van der Waals surface area contributed by atoms with E-state index in [1.807, 2.05) is 12.1 Å². The Morgan fingerprint density at radius 2 is 1.93 bits per heavy atom. The Bertz CT molecular complexity index is 312. The summed E-state index contributed by atoms with van der Waals surface area (Å²) in [5, 5.41) is 1.11. The van der Waals surface area contributed by atoms with E-state index in [4.69, 9.17) is 11.6 Å². The maximum absolute atomic E-state index is 11.3. The third kappa shape index (κ3) is 2.80. The first kappa shape index (κ1) is 11.2. The van der Waals surface area contributed by atoms with Crippen molar-refractivity contribution in [3.63, 3.8) is 0 Å². The Morgan fingerprint density at radius 3 is 2.43 bits per heavy atom. The zero-order valence-electron chi connectivity index (χ0n) is 7.61. The second-order valence-corrected chi connectivity index (χ2v) is 3.69. The van der Waals surface area contributed by atoms with Gasteiger partial charge in [0.05, 0.1) is 5.69 Å². The number of benzene rings is 1. The van der Waals surface area contributed by atoms with E-state index in [0.717, 1.165) is 9.48 Å². The largest absolute Gasteiger partial charge is 0.330 e. The molecule has 1 aromatic rings. The van der Waals surface area contributed by atoms with Crippen molar-refractivity contribution in [2.75, 3.05) is 11.6 Å². The van der Waals surface area contributed by atoms with Crippen LogP contribution in [0, 0.1) is 0 Å². The fraction of sp³-hybridized carbons (Fsp3) is 0.222. The molecule has 1 amide bonds. The van der Waals surface area contributed by atoms with E-state index < -0.39 is 0 Å². The van der Waals surface area contributed by atoms with Crippen LogP contribution in [0.3, 0.4) is 0 Å². The van der Waals surface area contributed by atoms with Gasteiger partial charge >= 0.3 is 0 Å². The average Bonchev–Trinajstić information content (AvgIpc) is 2.18. The molecule has 0 bridgehead atoms. The van der Waals surface area contributed by atoms with Gasteiger partial charge in [0.2, 0.25) is 5.91 Å². The summed E-state index contributed by atoms with van der Waals surface area (Å²) in [7, 11) is 0. The van der Waals surface area contributed by atoms with Gasteiger partial charge in [-0.1, -0.05) is 15.9 Å². The number of carbonyl (C=O) groups is 1. The first-order valence-corrected chi connectivity index (χ1v) is 4.97. The van der Waals surface area contributed by atoms with Gasteiger partial charge in [-0.15, -0.1) is 0 Å². The maximum Gasteiger partial charge on any atom is 0.242 e. The molecule has 4 N–H and O–H groups in total. The maximum atomic E-state index is 11.3. The van der Waals surface area contributed by atoms with Gasteiger partial charge in [-0.05, 0) is 24.3 Å². The number of hydrogen-bond donors (Lipinski definition) is 2. The molecule has 0 aliphatic rings. The number of hydrogen-bond acceptors (Lipinski definition) is 3. The minimum Gasteiger partial charge on any atom is -0.330 e. The molecular formula is C9H12BrN3O. The predicted molar refractivity (Wildman–Crippen MR) is 59.5 cm³/mol. The Labute approximate surface area is 91.0 Å². The molecule has 0 heterocycles. The number of halogens is 1. The molecule has 76 valence electrons. The lowest BCUT2D eigenvalue weighted by Gasteiger charge is -2.15. The average molecular weight is 258 g/mol. The standard InChI is InChI=1S/C9H12BrN3O/c10-7-1-3-8(4-2-7)13(12)9(14)5-6-11/h1-4H,5-6,11-12H2. The summed E-state index contributed by atoms with van der Waals surface area (Å²) in [5.41, 5.74) is 5.92. The minimum atomic E-state index is -0.185. The number of nitrogens with zero attached hydrogens (tertiary/aromatic N) is 1. The Kier molecular flexibility index (Phi) is 4.06. The summed E-state index contributed by atoms with van der Waals surface area (Å²) < 4.78 is 0.945. The molecule has 5 heteroatoms. The molecular weight excluding hydrogens is 246 g/mol. The molecule has 1 rings (SSSR count). The molecule has 0 radical (unpaired) electrons. The highest BCUT2D eigenvalue weighted by Crippen LogP contribution is 2.16. The molecule has 0 aromatic heterocycles. The van der Waals surface area contributed by atoms with Crippen LogP contribution in [0.5, 0.6) is 0 Å². The molecule has 0 aliphatic heterocycles. The lowest BCUT2D eigenvalue weighted by molar-refractivity contribution is -0.118. The van der Waals surface area contributed by atoms with E-state index in [2.05, 4.69) is 15.9 Å². The molecule has 14 heavy (non-hydrogen) atoms. The van der Waals surface area contributed by atoms with Crippen LogP contribution in [0.15, 0.2) is 28.7 Å². The van der Waals surface area contributed by atoms with Gasteiger partial charge in [0, 0.05) is 17.4 Å². The summed E-state index contributed by atoms with van der Waals surface area (Å²) in [6.45, 7) is 0.309. The van der Waals surface area contributed by atoms with E-state index >= 15 is 0 Å². The van der Waals surface area contributed by atoms with Crippen molar-refractivity contribution in [1.82, 2.24) is 0 Å². The van der Waals surface area contributed by atoms with Gasteiger partial charge in [0.25, 0.3) is 0 Å². The molecule has 0 saturated carbocycles. The summed E-state index contributed by atoms with van der Waals surface area (Å²) in [6.07, 6.45) is 0.257. The van der Waals surface area contributed by atoms with Gasteiger partial charge in [0.1, 0.15) is 0 Å². The van der Waals surface area contributed by atoms with E-state index in [-0.39, 0.29) is 12.3 Å². The zero-order chi connectivity index (χ0) is 10.6. The van der Waals surface area contributed by atoms with Crippen LogP contribution in [0.1, 0.15) is 6.42 Å². The molecule has 1 aromatic carbocycles. The molecule has 0 saturated heterocycles. The van der Waals surface area contributed by atoms with Gasteiger partial charge in [-0.25, -0.2) is 10.9 Å². The molecule has 0 fully saturated rings. The topological polar surface area (TPSA) is 72.4 Å². The first-order chi connectivity index (χ1) is 6.65. The lowest BCUT2D eigenvalue weighted by Crippen LogP contribution is -2.38. The Morgan fingerprint density at radius 1 is 1.36 bits per heavy atom. The van der Waals surface area contributed by atoms with Gasteiger partial charge in [0.15, 0.2) is 0 Å². The molecule has 0 unspecified atom stereocenters. The second-order valence-electron chi connectivity index (χ2n) is 2.78. The number of carbonyl (C=O) groups excluding carboxylic acids is 1. The first-order valence-electron chi connectivity index (χ1n) is 4.18. The number of anilines is 1. The van der Waals surface area contributed by atoms with Crippen molar-refractivity contribution >= 4 is 27.5 Å². The van der Waals surface area contributed by atoms with Crippen LogP contribution in [0.25, 0.3) is 0 Å². The third-order valence-corrected chi connectivity index (χ3v) is 2.26. The van der Waals surface area contributed by atoms with E-state index in [0.29, 0.717) is 12.2 Å². The van der Waals surface area contributed by atoms with Crippen LogP contribution < -0.4 is 16.6 Å². The van der Waals surface area contributed by atoms with E-state index in [1.54, 1.807) is 12.1 Å². The zero-order valence-corrected chi connectivity index (χ0v) is 9.20. The van der Waals surface area contributed by atoms with Crippen LogP contribution in [-0.4, -0.2) is 12.5 Å². The van der Waals surface area contributed by atoms with E-state index in [9.17, 15) is 4.79 Å². The van der Waals surface area contributed by atoms with Crippen molar-refractivity contribution in [2.24, 2.45) is 11.6 Å². The summed E-state index contributed by atoms with van der Waals surface area (Å²) in [4.78, 5) is 11.3. The smallest absolute Gasteiger partial charge is 0.242 e. The van der Waals surface area contributed by atoms with Crippen LogP contribution >= 0.6 is 15.9 Å². The number of nitrogens with two attached hydrogens (primary N) is 2. The highest BCUT2D eigenvalue weighted by atomic mass is 79.9. The summed E-state index contributed by atoms with van der Waals surface area (Å²) in [6, 6.07) is 7.17. The fourth-order valence-corrected chi connectivity index (χ4v) is 1.25. The Hall–Kier alpha value is -0.910. The summed E-state index contributed by atoms with van der Waals surface area (Å²) >= 11 is 3.30. The monoisotopic (exact) mass is 257 g/mol. The normalized spacial score (nSPS) is 9.93. The molecule has 4 nitrogen and oxygen atoms in total. The molecule has 0 aliphatic carbocycles. The minimum absolute atomic E-state index is 0.185. The molecule has 0 atom stereocenters. The van der Waals surface area contributed by atoms with Crippen molar-refractivity contribution < 1.29 is 4.79 Å². The highest BCUT2D eigenvalue weighted by Gasteiger charge is 2.09. The van der Waals surface area contributed by atoms with Crippen molar-refractivity contribution in [2.45, 2.75) is 6.42 Å². The van der Waals surface area contributed by atoms with Crippen molar-refractivity contribution in [3.8, 4) is 0 Å². The number of hydrazine groups is 1. The van der Waals surface area contributed by atoms with Crippen LogP contribution in [-0.2, 0) is 4.79 Å². The van der Waals surface area contributed by atoms with E-state index in [1.165, 1.54) is 0 Å². The van der Waals surface area contributed by atoms with Gasteiger partial charge in [-0.3, -0.25) is 4.79 Å². The quantitative estimate of drug-likeness (QED) is 0.482. The third-order valence-electron chi connectivity index (χ3n) is 1.73. The fourth-order valence-electron chi connectivity index (χ4n) is 0.990. The second kappa shape index (κ2) is 5.09. The van der Waals surface area contributed by atoms with Crippen LogP contribution in [0.4, 0.5) is 5.69 Å². The number of amides is 1.